The van der Waals surface area contributed by atoms with Crippen molar-refractivity contribution in [2.24, 2.45) is 5.10 Å². The van der Waals surface area contributed by atoms with Gasteiger partial charge in [0.05, 0.1) is 24.9 Å². The first-order valence-electron chi connectivity index (χ1n) is 11.9. The first-order valence-corrected chi connectivity index (χ1v) is 11.9. The molecule has 0 spiro atoms. The molecule has 6 nitrogen and oxygen atoms in total. The molecule has 0 radical (unpaired) electrons. The zero-order chi connectivity index (χ0) is 27.0. The van der Waals surface area contributed by atoms with Gasteiger partial charge in [-0.2, -0.15) is 18.3 Å². The second-order valence-corrected chi connectivity index (χ2v) is 8.29. The lowest BCUT2D eigenvalue weighted by atomic mass is 10.1. The number of amides is 1. The summed E-state index contributed by atoms with van der Waals surface area (Å²) in [6.07, 6.45) is -3.01. The summed E-state index contributed by atoms with van der Waals surface area (Å²) in [6, 6.07) is 24.1. The minimum atomic E-state index is -4.46. The van der Waals surface area contributed by atoms with Crippen molar-refractivity contribution in [2.45, 2.75) is 19.7 Å². The van der Waals surface area contributed by atoms with E-state index in [-0.39, 0.29) is 12.2 Å². The molecule has 4 aromatic rings. The zero-order valence-corrected chi connectivity index (χ0v) is 20.6. The third kappa shape index (κ3) is 7.03. The van der Waals surface area contributed by atoms with Gasteiger partial charge in [-0.05, 0) is 65.2 Å². The van der Waals surface area contributed by atoms with Crippen molar-refractivity contribution in [1.29, 1.82) is 0 Å². The van der Waals surface area contributed by atoms with E-state index in [9.17, 15) is 18.0 Å². The Morgan fingerprint density at radius 1 is 0.921 bits per heavy atom. The van der Waals surface area contributed by atoms with Crippen LogP contribution in [-0.4, -0.2) is 25.3 Å². The number of anilines is 1. The molecule has 196 valence electrons. The van der Waals surface area contributed by atoms with Crippen LogP contribution in [0.5, 0.6) is 11.5 Å². The molecule has 38 heavy (non-hydrogen) atoms. The van der Waals surface area contributed by atoms with Crippen molar-refractivity contribution < 1.29 is 27.4 Å². The van der Waals surface area contributed by atoms with Crippen molar-refractivity contribution >= 4 is 28.6 Å². The molecular weight excluding hydrogens is 495 g/mol. The lowest BCUT2D eigenvalue weighted by Gasteiger charge is -2.13. The fourth-order valence-corrected chi connectivity index (χ4v) is 3.77. The number of hydrogen-bond acceptors (Lipinski definition) is 5. The van der Waals surface area contributed by atoms with Gasteiger partial charge in [0.15, 0.2) is 11.5 Å². The van der Waals surface area contributed by atoms with Crippen molar-refractivity contribution in [3.63, 3.8) is 0 Å². The van der Waals surface area contributed by atoms with Crippen LogP contribution >= 0.6 is 0 Å². The number of carbonyl (C=O) groups is 1. The predicted octanol–water partition coefficient (Wildman–Crippen LogP) is 6.40. The molecule has 0 bridgehead atoms. The predicted molar refractivity (Wildman–Crippen MR) is 142 cm³/mol. The molecule has 2 N–H and O–H groups in total. The Hall–Kier alpha value is -4.53. The lowest BCUT2D eigenvalue weighted by Crippen LogP contribution is -2.26. The zero-order valence-electron chi connectivity index (χ0n) is 20.6. The molecule has 0 aliphatic heterocycles. The highest BCUT2D eigenvalue weighted by molar-refractivity contribution is 5.86. The van der Waals surface area contributed by atoms with Crippen LogP contribution in [0.15, 0.2) is 90.0 Å². The van der Waals surface area contributed by atoms with E-state index in [2.05, 4.69) is 34.0 Å². The maximum absolute atomic E-state index is 12.8. The van der Waals surface area contributed by atoms with Gasteiger partial charge in [0.1, 0.15) is 6.61 Å². The van der Waals surface area contributed by atoms with Gasteiger partial charge in [0.2, 0.25) is 0 Å². The SMILES string of the molecule is CCOc1cc(/C=N\NC(=O)CNc2cccc(C(F)(F)F)c2)ccc1OCc1cccc2ccccc12. The summed E-state index contributed by atoms with van der Waals surface area (Å²) in [5.41, 5.74) is 3.45. The number of alkyl halides is 3. The smallest absolute Gasteiger partial charge is 0.416 e. The van der Waals surface area contributed by atoms with Gasteiger partial charge in [-0.15, -0.1) is 0 Å². The van der Waals surface area contributed by atoms with Gasteiger partial charge in [0, 0.05) is 5.69 Å². The van der Waals surface area contributed by atoms with E-state index >= 15 is 0 Å². The van der Waals surface area contributed by atoms with E-state index in [0.717, 1.165) is 28.5 Å². The molecule has 0 unspecified atom stereocenters. The first kappa shape index (κ1) is 26.5. The van der Waals surface area contributed by atoms with Gasteiger partial charge < -0.3 is 14.8 Å². The van der Waals surface area contributed by atoms with Crippen molar-refractivity contribution in [2.75, 3.05) is 18.5 Å². The number of halogens is 3. The summed E-state index contributed by atoms with van der Waals surface area (Å²) < 4.78 is 50.3. The van der Waals surface area contributed by atoms with E-state index in [1.165, 1.54) is 18.3 Å². The normalized spacial score (nSPS) is 11.5. The largest absolute Gasteiger partial charge is 0.490 e. The molecule has 4 aromatic carbocycles. The van der Waals surface area contributed by atoms with Crippen LogP contribution in [-0.2, 0) is 17.6 Å². The molecule has 0 saturated heterocycles. The Morgan fingerprint density at radius 3 is 2.53 bits per heavy atom. The van der Waals surface area contributed by atoms with E-state index in [4.69, 9.17) is 9.47 Å². The van der Waals surface area contributed by atoms with Gasteiger partial charge in [-0.1, -0.05) is 48.5 Å². The Balaban J connectivity index is 1.35. The number of benzene rings is 4. The lowest BCUT2D eigenvalue weighted by molar-refractivity contribution is -0.137. The second-order valence-electron chi connectivity index (χ2n) is 8.29. The monoisotopic (exact) mass is 521 g/mol. The van der Waals surface area contributed by atoms with E-state index in [0.29, 0.717) is 30.3 Å². The second kappa shape index (κ2) is 12.1. The number of nitrogens with zero attached hydrogens (tertiary/aromatic N) is 1. The highest BCUT2D eigenvalue weighted by atomic mass is 19.4. The Bertz CT molecular complexity index is 1430. The van der Waals surface area contributed by atoms with Crippen molar-refractivity contribution in [3.8, 4) is 11.5 Å². The standard InChI is InChI=1S/C29H26F3N3O3/c1-2-37-27-15-20(13-14-26(27)38-19-22-9-5-8-21-7-3-4-12-25(21)22)17-34-35-28(36)18-33-24-11-6-10-23(16-24)29(30,31)32/h3-17,33H,2,18-19H2,1H3,(H,35,36)/b34-17-. The Kier molecular flexibility index (Phi) is 8.47. The molecule has 0 fully saturated rings. The quantitative estimate of drug-likeness (QED) is 0.187. The molecular formula is C29H26F3N3O3. The molecule has 1 amide bonds. The van der Waals surface area contributed by atoms with Crippen LogP contribution in [0.3, 0.4) is 0 Å². The van der Waals surface area contributed by atoms with Crippen LogP contribution in [0.4, 0.5) is 18.9 Å². The topological polar surface area (TPSA) is 72.0 Å². The maximum atomic E-state index is 12.8. The number of ether oxygens (including phenoxy) is 2. The molecule has 0 aliphatic carbocycles. The van der Waals surface area contributed by atoms with Crippen LogP contribution in [0.25, 0.3) is 10.8 Å². The average molecular weight is 522 g/mol. The fourth-order valence-electron chi connectivity index (χ4n) is 3.77. The number of hydrazone groups is 1. The van der Waals surface area contributed by atoms with Gasteiger partial charge in [-0.25, -0.2) is 5.43 Å². The third-order valence-electron chi connectivity index (χ3n) is 5.58. The first-order chi connectivity index (χ1) is 18.3. The molecule has 9 heteroatoms. The maximum Gasteiger partial charge on any atom is 0.416 e. The van der Waals surface area contributed by atoms with Crippen molar-refractivity contribution in [3.05, 3.63) is 102 Å². The third-order valence-corrected chi connectivity index (χ3v) is 5.58. The summed E-state index contributed by atoms with van der Waals surface area (Å²) >= 11 is 0. The summed E-state index contributed by atoms with van der Waals surface area (Å²) in [5.74, 6) is 0.596. The highest BCUT2D eigenvalue weighted by Crippen LogP contribution is 2.31. The number of hydrogen-bond donors (Lipinski definition) is 2. The molecule has 0 heterocycles. The minimum absolute atomic E-state index is 0.180. The molecule has 4 rings (SSSR count). The number of rotatable bonds is 10. The minimum Gasteiger partial charge on any atom is -0.490 e. The molecule has 0 aliphatic rings. The molecule has 0 aromatic heterocycles. The fraction of sp³-hybridized carbons (Fsp3) is 0.172. The van der Waals surface area contributed by atoms with E-state index in [1.807, 2.05) is 31.2 Å². The Morgan fingerprint density at radius 2 is 1.71 bits per heavy atom. The molecule has 0 saturated carbocycles. The van der Waals surface area contributed by atoms with E-state index < -0.39 is 17.6 Å². The number of nitrogens with one attached hydrogen (secondary N) is 2. The summed E-state index contributed by atoms with van der Waals surface area (Å²) in [5, 5.41) is 8.84. The van der Waals surface area contributed by atoms with Gasteiger partial charge >= 0.3 is 6.18 Å². The summed E-state index contributed by atoms with van der Waals surface area (Å²) in [6.45, 7) is 2.42. The van der Waals surface area contributed by atoms with Crippen LogP contribution in [0.1, 0.15) is 23.6 Å². The molecule has 0 atom stereocenters. The van der Waals surface area contributed by atoms with Crippen LogP contribution < -0.4 is 20.2 Å². The number of carbonyl (C=O) groups excluding carboxylic acids is 1. The van der Waals surface area contributed by atoms with Crippen molar-refractivity contribution in [1.82, 2.24) is 5.43 Å². The van der Waals surface area contributed by atoms with Crippen LogP contribution in [0, 0.1) is 0 Å². The Labute approximate surface area is 218 Å². The van der Waals surface area contributed by atoms with Crippen LogP contribution in [0.2, 0.25) is 0 Å². The van der Waals surface area contributed by atoms with Gasteiger partial charge in [-0.3, -0.25) is 4.79 Å². The summed E-state index contributed by atoms with van der Waals surface area (Å²) in [7, 11) is 0. The highest BCUT2D eigenvalue weighted by Gasteiger charge is 2.30. The average Bonchev–Trinajstić information content (AvgIpc) is 2.91. The number of fused-ring (bicyclic) bond motifs is 1. The summed E-state index contributed by atoms with van der Waals surface area (Å²) in [4.78, 5) is 12.1. The van der Waals surface area contributed by atoms with E-state index in [1.54, 1.807) is 18.2 Å². The van der Waals surface area contributed by atoms with Gasteiger partial charge in [0.25, 0.3) is 5.91 Å².